The SMILES string of the molecule is O=S(=O)(Cl)c1sc(CNC2CCC2)cc1F. The molecule has 0 radical (unpaired) electrons. The Hall–Kier alpha value is -0.170. The minimum Gasteiger partial charge on any atom is -0.309 e. The maximum absolute atomic E-state index is 13.2. The van der Waals surface area contributed by atoms with Crippen molar-refractivity contribution in [2.24, 2.45) is 0 Å². The van der Waals surface area contributed by atoms with Gasteiger partial charge in [-0.15, -0.1) is 11.3 Å². The van der Waals surface area contributed by atoms with E-state index in [0.717, 1.165) is 24.2 Å². The average Bonchev–Trinajstić information content (AvgIpc) is 2.43. The zero-order valence-electron chi connectivity index (χ0n) is 8.37. The van der Waals surface area contributed by atoms with Crippen LogP contribution in [-0.2, 0) is 15.6 Å². The summed E-state index contributed by atoms with van der Waals surface area (Å²) in [6.07, 6.45) is 3.49. The molecule has 1 saturated carbocycles. The van der Waals surface area contributed by atoms with E-state index in [4.69, 9.17) is 10.7 Å². The molecule has 1 aromatic rings. The van der Waals surface area contributed by atoms with Crippen LogP contribution in [0.1, 0.15) is 24.1 Å². The first-order valence-corrected chi connectivity index (χ1v) is 8.05. The van der Waals surface area contributed by atoms with Crippen LogP contribution in [0.5, 0.6) is 0 Å². The summed E-state index contributed by atoms with van der Waals surface area (Å²) in [5.41, 5.74) is 0. The van der Waals surface area contributed by atoms with Crippen molar-refractivity contribution in [1.82, 2.24) is 5.32 Å². The zero-order valence-corrected chi connectivity index (χ0v) is 10.8. The second-order valence-corrected chi connectivity index (χ2v) is 7.69. The van der Waals surface area contributed by atoms with E-state index >= 15 is 0 Å². The smallest absolute Gasteiger partial charge is 0.273 e. The maximum atomic E-state index is 13.2. The Kier molecular flexibility index (Phi) is 3.53. The number of nitrogens with one attached hydrogen (secondary N) is 1. The van der Waals surface area contributed by atoms with E-state index in [1.54, 1.807) is 0 Å². The van der Waals surface area contributed by atoms with Gasteiger partial charge < -0.3 is 5.32 Å². The highest BCUT2D eigenvalue weighted by Crippen LogP contribution is 2.29. The predicted molar refractivity (Wildman–Crippen MR) is 61.8 cm³/mol. The molecule has 7 heteroatoms. The molecule has 2 rings (SSSR count). The topological polar surface area (TPSA) is 46.2 Å². The third-order valence-corrected chi connectivity index (χ3v) is 5.79. The Labute approximate surface area is 102 Å². The molecular formula is C9H11ClFNO2S2. The second-order valence-electron chi connectivity index (χ2n) is 3.79. The number of thiophene rings is 1. The first kappa shape index (κ1) is 12.3. The number of rotatable bonds is 4. The van der Waals surface area contributed by atoms with E-state index in [2.05, 4.69) is 5.32 Å². The van der Waals surface area contributed by atoms with E-state index in [-0.39, 0.29) is 4.21 Å². The number of halogens is 2. The average molecular weight is 284 g/mol. The van der Waals surface area contributed by atoms with Crippen molar-refractivity contribution in [3.63, 3.8) is 0 Å². The third kappa shape index (κ3) is 2.74. The lowest BCUT2D eigenvalue weighted by atomic mass is 9.93. The highest BCUT2D eigenvalue weighted by atomic mass is 35.7. The van der Waals surface area contributed by atoms with E-state index < -0.39 is 14.9 Å². The molecule has 1 aliphatic carbocycles. The molecule has 3 nitrogen and oxygen atoms in total. The summed E-state index contributed by atoms with van der Waals surface area (Å²) in [6, 6.07) is 1.72. The fraction of sp³-hybridized carbons (Fsp3) is 0.556. The van der Waals surface area contributed by atoms with Gasteiger partial charge in [0.15, 0.2) is 10.0 Å². The largest absolute Gasteiger partial charge is 0.309 e. The fourth-order valence-corrected chi connectivity index (χ4v) is 3.74. The lowest BCUT2D eigenvalue weighted by Crippen LogP contribution is -2.34. The summed E-state index contributed by atoms with van der Waals surface area (Å²) in [6.45, 7) is 0.499. The zero-order chi connectivity index (χ0) is 11.8. The molecule has 90 valence electrons. The Balaban J connectivity index is 2.05. The Bertz CT molecular complexity index is 482. The molecule has 0 spiro atoms. The highest BCUT2D eigenvalue weighted by molar-refractivity contribution is 8.15. The molecule has 0 amide bonds. The molecule has 0 atom stereocenters. The van der Waals surface area contributed by atoms with Gasteiger partial charge in [0, 0.05) is 28.1 Å². The molecule has 0 aromatic carbocycles. The van der Waals surface area contributed by atoms with Crippen molar-refractivity contribution in [2.75, 3.05) is 0 Å². The van der Waals surface area contributed by atoms with Gasteiger partial charge in [0.1, 0.15) is 0 Å². The summed E-state index contributed by atoms with van der Waals surface area (Å²) >= 11 is 0.886. The van der Waals surface area contributed by atoms with Gasteiger partial charge in [-0.25, -0.2) is 12.8 Å². The fourth-order valence-electron chi connectivity index (χ4n) is 1.51. The van der Waals surface area contributed by atoms with Crippen molar-refractivity contribution in [2.45, 2.75) is 36.1 Å². The van der Waals surface area contributed by atoms with Crippen LogP contribution in [0.3, 0.4) is 0 Å². The van der Waals surface area contributed by atoms with E-state index in [9.17, 15) is 12.8 Å². The molecule has 0 saturated heterocycles. The van der Waals surface area contributed by atoms with Gasteiger partial charge in [-0.2, -0.15) is 0 Å². The van der Waals surface area contributed by atoms with Crippen LogP contribution in [-0.4, -0.2) is 14.5 Å². The van der Waals surface area contributed by atoms with Crippen LogP contribution in [0.4, 0.5) is 4.39 Å². The second kappa shape index (κ2) is 4.60. The van der Waals surface area contributed by atoms with Gasteiger partial charge in [-0.1, -0.05) is 6.42 Å². The normalized spacial score (nSPS) is 17.4. The van der Waals surface area contributed by atoms with Gasteiger partial charge in [-0.05, 0) is 18.9 Å². The molecule has 0 aliphatic heterocycles. The van der Waals surface area contributed by atoms with Gasteiger partial charge in [0.25, 0.3) is 9.05 Å². The first-order chi connectivity index (χ1) is 7.47. The molecule has 1 heterocycles. The summed E-state index contributed by atoms with van der Waals surface area (Å²) < 4.78 is 34.8. The Morgan fingerprint density at radius 2 is 2.25 bits per heavy atom. The van der Waals surface area contributed by atoms with Crippen LogP contribution >= 0.6 is 22.0 Å². The highest BCUT2D eigenvalue weighted by Gasteiger charge is 2.21. The predicted octanol–water partition coefficient (Wildman–Crippen LogP) is 2.46. The van der Waals surface area contributed by atoms with Crippen molar-refractivity contribution in [3.05, 3.63) is 16.8 Å². The Morgan fingerprint density at radius 1 is 1.56 bits per heavy atom. The van der Waals surface area contributed by atoms with Crippen molar-refractivity contribution in [1.29, 1.82) is 0 Å². The molecule has 1 fully saturated rings. The first-order valence-electron chi connectivity index (χ1n) is 4.93. The van der Waals surface area contributed by atoms with Gasteiger partial charge >= 0.3 is 0 Å². The molecular weight excluding hydrogens is 273 g/mol. The van der Waals surface area contributed by atoms with Gasteiger partial charge in [0.05, 0.1) is 0 Å². The van der Waals surface area contributed by atoms with Crippen molar-refractivity contribution < 1.29 is 12.8 Å². The molecule has 0 bridgehead atoms. The van der Waals surface area contributed by atoms with Gasteiger partial charge in [0.2, 0.25) is 0 Å². The van der Waals surface area contributed by atoms with E-state index in [1.807, 2.05) is 0 Å². The molecule has 0 unspecified atom stereocenters. The summed E-state index contributed by atoms with van der Waals surface area (Å²) in [4.78, 5) is 0.656. The summed E-state index contributed by atoms with van der Waals surface area (Å²) in [5, 5.41) is 3.23. The van der Waals surface area contributed by atoms with Crippen molar-refractivity contribution in [3.8, 4) is 0 Å². The van der Waals surface area contributed by atoms with Gasteiger partial charge in [-0.3, -0.25) is 0 Å². The maximum Gasteiger partial charge on any atom is 0.273 e. The van der Waals surface area contributed by atoms with Crippen molar-refractivity contribution >= 4 is 31.1 Å². The van der Waals surface area contributed by atoms with Crippen LogP contribution in [0.25, 0.3) is 0 Å². The molecule has 1 aliphatic rings. The lowest BCUT2D eigenvalue weighted by molar-refractivity contribution is 0.339. The number of hydrogen-bond acceptors (Lipinski definition) is 4. The minimum atomic E-state index is -3.95. The molecule has 16 heavy (non-hydrogen) atoms. The summed E-state index contributed by atoms with van der Waals surface area (Å²) in [5.74, 6) is -0.759. The van der Waals surface area contributed by atoms with Crippen LogP contribution in [0.2, 0.25) is 0 Å². The summed E-state index contributed by atoms with van der Waals surface area (Å²) in [7, 11) is 1.15. The van der Waals surface area contributed by atoms with Crippen LogP contribution in [0.15, 0.2) is 10.3 Å². The molecule has 1 N–H and O–H groups in total. The van der Waals surface area contributed by atoms with E-state index in [0.29, 0.717) is 17.5 Å². The quantitative estimate of drug-likeness (QED) is 0.864. The standard InChI is InChI=1S/C9H11ClFNO2S2/c10-16(13,14)9-8(11)4-7(15-9)5-12-6-2-1-3-6/h4,6,12H,1-3,5H2. The van der Waals surface area contributed by atoms with E-state index in [1.165, 1.54) is 12.5 Å². The molecule has 1 aromatic heterocycles. The van der Waals surface area contributed by atoms with Crippen LogP contribution < -0.4 is 5.32 Å². The number of hydrogen-bond donors (Lipinski definition) is 1. The lowest BCUT2D eigenvalue weighted by Gasteiger charge is -2.26. The Morgan fingerprint density at radius 3 is 2.69 bits per heavy atom. The van der Waals surface area contributed by atoms with Crippen LogP contribution in [0, 0.1) is 5.82 Å². The third-order valence-electron chi connectivity index (χ3n) is 2.60. The minimum absolute atomic E-state index is 0.389. The monoisotopic (exact) mass is 283 g/mol.